The zero-order valence-corrected chi connectivity index (χ0v) is 16.1. The van der Waals surface area contributed by atoms with E-state index in [0.29, 0.717) is 6.54 Å². The van der Waals surface area contributed by atoms with Gasteiger partial charge in [-0.15, -0.1) is 0 Å². The molecule has 28 heavy (non-hydrogen) atoms. The Morgan fingerprint density at radius 3 is 2.43 bits per heavy atom. The van der Waals surface area contributed by atoms with Gasteiger partial charge in [0.1, 0.15) is 11.5 Å². The number of hydrogen-bond acceptors (Lipinski definition) is 5. The van der Waals surface area contributed by atoms with Crippen molar-refractivity contribution in [1.82, 2.24) is 4.90 Å². The Labute approximate surface area is 161 Å². The van der Waals surface area contributed by atoms with Gasteiger partial charge in [-0.25, -0.2) is 13.6 Å². The van der Waals surface area contributed by atoms with E-state index in [0.717, 1.165) is 49.6 Å². The number of nitrogens with one attached hydrogen (secondary N) is 1. The third-order valence-corrected chi connectivity index (χ3v) is 5.73. The van der Waals surface area contributed by atoms with Crippen LogP contribution in [-0.4, -0.2) is 33.0 Å². The van der Waals surface area contributed by atoms with Crippen molar-refractivity contribution in [3.05, 3.63) is 47.4 Å². The molecule has 1 aromatic carbocycles. The van der Waals surface area contributed by atoms with Crippen LogP contribution >= 0.6 is 0 Å². The summed E-state index contributed by atoms with van der Waals surface area (Å²) in [6.45, 7) is 3.91. The number of furan rings is 1. The van der Waals surface area contributed by atoms with Gasteiger partial charge in [-0.3, -0.25) is 4.90 Å². The maximum absolute atomic E-state index is 13.3. The molecule has 1 atom stereocenters. The van der Waals surface area contributed by atoms with Crippen LogP contribution in [0.4, 0.5) is 18.9 Å². The predicted molar refractivity (Wildman–Crippen MR) is 98.3 cm³/mol. The Kier molecular flexibility index (Phi) is 5.74. The lowest BCUT2D eigenvalue weighted by atomic mass is 10.1. The maximum atomic E-state index is 13.3. The van der Waals surface area contributed by atoms with E-state index in [-0.39, 0.29) is 11.7 Å². The first kappa shape index (κ1) is 20.7. The highest BCUT2D eigenvalue weighted by molar-refractivity contribution is 7.89. The highest BCUT2D eigenvalue weighted by atomic mass is 32.2. The van der Waals surface area contributed by atoms with Crippen molar-refractivity contribution in [1.29, 1.82) is 0 Å². The molecular weight excluding hydrogens is 395 g/mol. The predicted octanol–water partition coefficient (Wildman–Crippen LogP) is 3.50. The van der Waals surface area contributed by atoms with E-state index in [1.54, 1.807) is 0 Å². The Bertz CT molecular complexity index is 935. The fraction of sp³-hybridized carbons (Fsp3) is 0.444. The van der Waals surface area contributed by atoms with Crippen LogP contribution in [0.15, 0.2) is 39.6 Å². The maximum Gasteiger partial charge on any atom is 0.417 e. The van der Waals surface area contributed by atoms with E-state index >= 15 is 0 Å². The number of hydrogen-bond donors (Lipinski definition) is 2. The molecule has 0 radical (unpaired) electrons. The number of alkyl halides is 3. The molecule has 0 amide bonds. The summed E-state index contributed by atoms with van der Waals surface area (Å²) in [4.78, 5) is 1.28. The van der Waals surface area contributed by atoms with Gasteiger partial charge in [0.25, 0.3) is 0 Å². The van der Waals surface area contributed by atoms with Gasteiger partial charge >= 0.3 is 6.18 Å². The Morgan fingerprint density at radius 2 is 1.89 bits per heavy atom. The average molecular weight is 417 g/mol. The molecule has 2 aromatic rings. The number of benzene rings is 1. The molecule has 0 bridgehead atoms. The molecule has 0 spiro atoms. The Morgan fingerprint density at radius 1 is 1.21 bits per heavy atom. The van der Waals surface area contributed by atoms with E-state index in [1.807, 2.05) is 19.1 Å². The molecule has 0 aliphatic carbocycles. The van der Waals surface area contributed by atoms with Crippen LogP contribution < -0.4 is 10.5 Å². The zero-order valence-electron chi connectivity index (χ0n) is 15.3. The minimum absolute atomic E-state index is 0.136. The third-order valence-electron chi connectivity index (χ3n) is 4.76. The van der Waals surface area contributed by atoms with E-state index < -0.39 is 26.7 Å². The van der Waals surface area contributed by atoms with Crippen molar-refractivity contribution < 1.29 is 26.0 Å². The van der Waals surface area contributed by atoms with Crippen LogP contribution in [0.1, 0.15) is 36.0 Å². The number of sulfonamides is 1. The van der Waals surface area contributed by atoms with Gasteiger partial charge in [0.2, 0.25) is 10.0 Å². The molecule has 6 nitrogen and oxygen atoms in total. The number of halogens is 3. The first-order valence-electron chi connectivity index (χ1n) is 8.84. The summed E-state index contributed by atoms with van der Waals surface area (Å²) >= 11 is 0. The molecule has 1 saturated heterocycles. The minimum Gasteiger partial charge on any atom is -0.465 e. The summed E-state index contributed by atoms with van der Waals surface area (Å²) < 4.78 is 68.6. The molecule has 10 heteroatoms. The van der Waals surface area contributed by atoms with Gasteiger partial charge in [-0.05, 0) is 63.2 Å². The van der Waals surface area contributed by atoms with Crippen molar-refractivity contribution in [2.75, 3.05) is 25.0 Å². The number of aryl methyl sites for hydroxylation is 1. The molecule has 3 N–H and O–H groups in total. The molecule has 1 fully saturated rings. The highest BCUT2D eigenvalue weighted by Crippen LogP contribution is 2.36. The molecule has 3 rings (SSSR count). The van der Waals surface area contributed by atoms with Crippen LogP contribution in [0.25, 0.3) is 0 Å². The fourth-order valence-electron chi connectivity index (χ4n) is 3.42. The smallest absolute Gasteiger partial charge is 0.417 e. The lowest BCUT2D eigenvalue weighted by molar-refractivity contribution is -0.139. The number of nitrogens with zero attached hydrogens (tertiary/aromatic N) is 1. The number of likely N-dealkylation sites (tertiary alicyclic amines) is 1. The van der Waals surface area contributed by atoms with Crippen molar-refractivity contribution in [2.24, 2.45) is 5.14 Å². The standard InChI is InChI=1S/C18H22F3N3O3S/c1-12-4-6-16(27-12)15(24-8-2-3-9-24)11-23-13-5-7-17(28(22,25)26)14(10-13)18(19,20)21/h4-7,10,15,23H,2-3,8-9,11H2,1H3,(H2,22,25,26). The van der Waals surface area contributed by atoms with Gasteiger partial charge in [-0.2, -0.15) is 13.2 Å². The second-order valence-electron chi connectivity index (χ2n) is 6.84. The van der Waals surface area contributed by atoms with E-state index in [1.165, 1.54) is 6.07 Å². The first-order chi connectivity index (χ1) is 13.1. The van der Waals surface area contributed by atoms with Gasteiger partial charge in [0.05, 0.1) is 16.5 Å². The van der Waals surface area contributed by atoms with Crippen LogP contribution in [0.2, 0.25) is 0 Å². The fourth-order valence-corrected chi connectivity index (χ4v) is 4.16. The van der Waals surface area contributed by atoms with Gasteiger partial charge in [0, 0.05) is 12.2 Å². The Balaban J connectivity index is 1.85. The summed E-state index contributed by atoms with van der Waals surface area (Å²) in [6, 6.07) is 6.51. The topological polar surface area (TPSA) is 88.6 Å². The lowest BCUT2D eigenvalue weighted by Crippen LogP contribution is -2.30. The number of nitrogens with two attached hydrogens (primary N) is 1. The lowest BCUT2D eigenvalue weighted by Gasteiger charge is -2.26. The number of rotatable bonds is 6. The van der Waals surface area contributed by atoms with E-state index in [2.05, 4.69) is 10.2 Å². The highest BCUT2D eigenvalue weighted by Gasteiger charge is 2.36. The second-order valence-corrected chi connectivity index (χ2v) is 8.37. The number of anilines is 1. The summed E-state index contributed by atoms with van der Waals surface area (Å²) in [7, 11) is -4.49. The van der Waals surface area contributed by atoms with Crippen LogP contribution in [0.5, 0.6) is 0 Å². The van der Waals surface area contributed by atoms with Gasteiger partial charge in [-0.1, -0.05) is 0 Å². The first-order valence-corrected chi connectivity index (χ1v) is 10.4. The molecule has 1 unspecified atom stereocenters. The van der Waals surface area contributed by atoms with Crippen molar-refractivity contribution in [2.45, 2.75) is 36.9 Å². The van der Waals surface area contributed by atoms with Gasteiger partial charge < -0.3 is 9.73 Å². The summed E-state index contributed by atoms with van der Waals surface area (Å²) in [5.74, 6) is 1.50. The second kappa shape index (κ2) is 7.76. The molecule has 154 valence electrons. The summed E-state index contributed by atoms with van der Waals surface area (Å²) in [6.07, 6.45) is -2.74. The average Bonchev–Trinajstić information content (AvgIpc) is 3.26. The third kappa shape index (κ3) is 4.68. The largest absolute Gasteiger partial charge is 0.465 e. The quantitative estimate of drug-likeness (QED) is 0.751. The van der Waals surface area contributed by atoms with Crippen LogP contribution in [-0.2, 0) is 16.2 Å². The molecule has 2 heterocycles. The normalized spacial score (nSPS) is 17.0. The van der Waals surface area contributed by atoms with Gasteiger partial charge in [0.15, 0.2) is 0 Å². The molecule has 0 saturated carbocycles. The summed E-state index contributed by atoms with van der Waals surface area (Å²) in [5, 5.41) is 7.90. The zero-order chi connectivity index (χ0) is 20.5. The van der Waals surface area contributed by atoms with Crippen LogP contribution in [0, 0.1) is 6.92 Å². The van der Waals surface area contributed by atoms with Crippen molar-refractivity contribution in [3.8, 4) is 0 Å². The number of primary sulfonamides is 1. The van der Waals surface area contributed by atoms with E-state index in [9.17, 15) is 21.6 Å². The molecule has 1 aliphatic heterocycles. The van der Waals surface area contributed by atoms with Crippen LogP contribution in [0.3, 0.4) is 0 Å². The molecular formula is C18H22F3N3O3S. The van der Waals surface area contributed by atoms with E-state index in [4.69, 9.17) is 9.56 Å². The summed E-state index contributed by atoms with van der Waals surface area (Å²) in [5.41, 5.74) is -1.13. The monoisotopic (exact) mass is 417 g/mol. The Hall–Kier alpha value is -2.04. The molecule has 1 aromatic heterocycles. The van der Waals surface area contributed by atoms with Crippen molar-refractivity contribution >= 4 is 15.7 Å². The van der Waals surface area contributed by atoms with Crippen molar-refractivity contribution in [3.63, 3.8) is 0 Å². The molecule has 1 aliphatic rings. The minimum atomic E-state index is -4.84. The SMILES string of the molecule is Cc1ccc(C(CNc2ccc(S(N)(=O)=O)c(C(F)(F)F)c2)N2CCCC2)o1.